The summed E-state index contributed by atoms with van der Waals surface area (Å²) in [5, 5.41) is 0. The molecule has 1 aromatic heterocycles. The zero-order chi connectivity index (χ0) is 13.9. The van der Waals surface area contributed by atoms with E-state index in [0.717, 1.165) is 3.97 Å². The number of carbonyl (C=O) groups is 1. The minimum Gasteiger partial charge on any atom is -0.461 e. The molecule has 19 heavy (non-hydrogen) atoms. The molecule has 0 bridgehead atoms. The van der Waals surface area contributed by atoms with Gasteiger partial charge in [-0.3, -0.25) is 0 Å². The van der Waals surface area contributed by atoms with Gasteiger partial charge in [0.2, 0.25) is 0 Å². The topological polar surface area (TPSA) is 65.4 Å². The van der Waals surface area contributed by atoms with Gasteiger partial charge in [0.15, 0.2) is 0 Å². The van der Waals surface area contributed by atoms with Gasteiger partial charge in [-0.1, -0.05) is 18.2 Å². The maximum absolute atomic E-state index is 12.4. The van der Waals surface area contributed by atoms with E-state index in [1.807, 2.05) is 0 Å². The van der Waals surface area contributed by atoms with E-state index in [2.05, 4.69) is 0 Å². The van der Waals surface area contributed by atoms with Crippen LogP contribution in [0.4, 0.5) is 0 Å². The van der Waals surface area contributed by atoms with Crippen LogP contribution in [-0.4, -0.2) is 25.0 Å². The summed E-state index contributed by atoms with van der Waals surface area (Å²) in [6.45, 7) is 1.85. The summed E-state index contributed by atoms with van der Waals surface area (Å²) in [6.07, 6.45) is 1.33. The first-order valence-electron chi connectivity index (χ1n) is 5.72. The van der Waals surface area contributed by atoms with Crippen LogP contribution in [0.5, 0.6) is 0 Å². The van der Waals surface area contributed by atoms with Crippen LogP contribution in [0.15, 0.2) is 53.6 Å². The first-order chi connectivity index (χ1) is 9.07. The van der Waals surface area contributed by atoms with Gasteiger partial charge in [-0.15, -0.1) is 0 Å². The number of nitrogens with zero attached hydrogens (tertiary/aromatic N) is 1. The van der Waals surface area contributed by atoms with Gasteiger partial charge in [0.05, 0.1) is 11.5 Å². The average molecular weight is 279 g/mol. The van der Waals surface area contributed by atoms with Crippen molar-refractivity contribution in [3.8, 4) is 0 Å². The highest BCUT2D eigenvalue weighted by Crippen LogP contribution is 2.16. The fourth-order valence-electron chi connectivity index (χ4n) is 1.64. The molecule has 0 aliphatic carbocycles. The Morgan fingerprint density at radius 2 is 1.84 bits per heavy atom. The molecular formula is C13H13NO4S. The molecule has 2 rings (SSSR count). The van der Waals surface area contributed by atoms with Crippen molar-refractivity contribution < 1.29 is 17.9 Å². The highest BCUT2D eigenvalue weighted by molar-refractivity contribution is 7.90. The van der Waals surface area contributed by atoms with E-state index < -0.39 is 16.0 Å². The van der Waals surface area contributed by atoms with Crippen molar-refractivity contribution in [2.24, 2.45) is 0 Å². The summed E-state index contributed by atoms with van der Waals surface area (Å²) < 4.78 is 30.5. The van der Waals surface area contributed by atoms with Gasteiger partial charge < -0.3 is 4.74 Å². The largest absolute Gasteiger partial charge is 0.461 e. The third-order valence-corrected chi connectivity index (χ3v) is 4.20. The van der Waals surface area contributed by atoms with E-state index in [-0.39, 0.29) is 17.2 Å². The lowest BCUT2D eigenvalue weighted by Crippen LogP contribution is -2.19. The second kappa shape index (κ2) is 5.27. The van der Waals surface area contributed by atoms with E-state index in [1.54, 1.807) is 25.1 Å². The monoisotopic (exact) mass is 279 g/mol. The van der Waals surface area contributed by atoms with Gasteiger partial charge in [-0.2, -0.15) is 0 Å². The van der Waals surface area contributed by atoms with E-state index in [0.29, 0.717) is 0 Å². The number of ether oxygens (including phenoxy) is 1. The molecule has 100 valence electrons. The summed E-state index contributed by atoms with van der Waals surface area (Å²) in [5.74, 6) is -0.660. The molecule has 0 unspecified atom stereocenters. The lowest BCUT2D eigenvalue weighted by molar-refractivity contribution is 0.0518. The molecule has 0 radical (unpaired) electrons. The SMILES string of the molecule is CCOC(=O)c1cccn1S(=O)(=O)c1ccccc1. The molecule has 0 N–H and O–H groups in total. The average Bonchev–Trinajstić information content (AvgIpc) is 2.90. The van der Waals surface area contributed by atoms with Crippen LogP contribution in [0.3, 0.4) is 0 Å². The second-order valence-corrected chi connectivity index (χ2v) is 5.54. The number of hydrogen-bond donors (Lipinski definition) is 0. The standard InChI is InChI=1S/C13H13NO4S/c1-2-18-13(15)12-9-6-10-14(12)19(16,17)11-7-4-3-5-8-11/h3-10H,2H2,1H3. The summed E-state index contributed by atoms with van der Waals surface area (Å²) in [7, 11) is -3.77. The number of aromatic nitrogens is 1. The van der Waals surface area contributed by atoms with Crippen LogP contribution in [0.1, 0.15) is 17.4 Å². The van der Waals surface area contributed by atoms with Gasteiger partial charge in [-0.25, -0.2) is 17.2 Å². The molecule has 0 aliphatic rings. The molecule has 0 saturated carbocycles. The minimum atomic E-state index is -3.77. The Bertz CT molecular complexity index is 674. The number of carbonyl (C=O) groups excluding carboxylic acids is 1. The highest BCUT2D eigenvalue weighted by atomic mass is 32.2. The normalized spacial score (nSPS) is 11.2. The Morgan fingerprint density at radius 1 is 1.16 bits per heavy atom. The summed E-state index contributed by atoms with van der Waals surface area (Å²) >= 11 is 0. The molecule has 0 aliphatic heterocycles. The Hall–Kier alpha value is -2.08. The molecular weight excluding hydrogens is 266 g/mol. The smallest absolute Gasteiger partial charge is 0.355 e. The zero-order valence-corrected chi connectivity index (χ0v) is 11.1. The highest BCUT2D eigenvalue weighted by Gasteiger charge is 2.22. The Kier molecular flexibility index (Phi) is 3.71. The van der Waals surface area contributed by atoms with Crippen molar-refractivity contribution in [3.05, 3.63) is 54.4 Å². The zero-order valence-electron chi connectivity index (χ0n) is 10.3. The summed E-state index contributed by atoms with van der Waals surface area (Å²) in [5.41, 5.74) is -0.00861. The fourth-order valence-corrected chi connectivity index (χ4v) is 3.00. The van der Waals surface area contributed by atoms with Gasteiger partial charge >= 0.3 is 5.97 Å². The Balaban J connectivity index is 2.49. The van der Waals surface area contributed by atoms with E-state index in [1.165, 1.54) is 30.5 Å². The molecule has 0 saturated heterocycles. The minimum absolute atomic E-state index is 0.00861. The van der Waals surface area contributed by atoms with Crippen LogP contribution in [0.25, 0.3) is 0 Å². The van der Waals surface area contributed by atoms with Crippen molar-refractivity contribution in [2.75, 3.05) is 6.61 Å². The van der Waals surface area contributed by atoms with Crippen molar-refractivity contribution in [1.29, 1.82) is 0 Å². The maximum Gasteiger partial charge on any atom is 0.355 e. The predicted molar refractivity (Wildman–Crippen MR) is 69.4 cm³/mol. The Morgan fingerprint density at radius 3 is 2.47 bits per heavy atom. The van der Waals surface area contributed by atoms with Crippen molar-refractivity contribution in [1.82, 2.24) is 3.97 Å². The molecule has 0 amide bonds. The van der Waals surface area contributed by atoms with Crippen LogP contribution >= 0.6 is 0 Å². The van der Waals surface area contributed by atoms with Crippen LogP contribution < -0.4 is 0 Å². The van der Waals surface area contributed by atoms with Crippen molar-refractivity contribution in [2.45, 2.75) is 11.8 Å². The van der Waals surface area contributed by atoms with E-state index >= 15 is 0 Å². The number of hydrogen-bond acceptors (Lipinski definition) is 4. The number of esters is 1. The van der Waals surface area contributed by atoms with Crippen molar-refractivity contribution >= 4 is 16.0 Å². The predicted octanol–water partition coefficient (Wildman–Crippen LogP) is 1.90. The Labute approximate surface area is 111 Å². The summed E-state index contributed by atoms with van der Waals surface area (Å²) in [6, 6.07) is 10.8. The molecule has 0 spiro atoms. The molecule has 0 fully saturated rings. The third-order valence-electron chi connectivity index (χ3n) is 2.50. The molecule has 1 heterocycles. The lowest BCUT2D eigenvalue weighted by atomic mass is 10.4. The number of rotatable bonds is 4. The first kappa shape index (κ1) is 13.4. The first-order valence-corrected chi connectivity index (χ1v) is 7.16. The molecule has 0 atom stereocenters. The van der Waals surface area contributed by atoms with Gasteiger partial charge in [0.25, 0.3) is 10.0 Å². The van der Waals surface area contributed by atoms with Crippen LogP contribution in [-0.2, 0) is 14.8 Å². The quantitative estimate of drug-likeness (QED) is 0.802. The van der Waals surface area contributed by atoms with Crippen LogP contribution in [0, 0.1) is 0 Å². The van der Waals surface area contributed by atoms with Gasteiger partial charge in [0.1, 0.15) is 5.69 Å². The molecule has 6 heteroatoms. The maximum atomic E-state index is 12.4. The van der Waals surface area contributed by atoms with Crippen molar-refractivity contribution in [3.63, 3.8) is 0 Å². The third kappa shape index (κ3) is 2.53. The van der Waals surface area contributed by atoms with E-state index in [4.69, 9.17) is 4.74 Å². The fraction of sp³-hybridized carbons (Fsp3) is 0.154. The van der Waals surface area contributed by atoms with Gasteiger partial charge in [-0.05, 0) is 31.2 Å². The molecule has 5 nitrogen and oxygen atoms in total. The molecule has 1 aromatic carbocycles. The second-order valence-electron chi connectivity index (χ2n) is 3.73. The molecule has 2 aromatic rings. The van der Waals surface area contributed by atoms with Gasteiger partial charge in [0, 0.05) is 6.20 Å². The summed E-state index contributed by atoms with van der Waals surface area (Å²) in [4.78, 5) is 11.8. The van der Waals surface area contributed by atoms with Crippen LogP contribution in [0.2, 0.25) is 0 Å². The van der Waals surface area contributed by atoms with E-state index in [9.17, 15) is 13.2 Å². The number of benzene rings is 1. The lowest BCUT2D eigenvalue weighted by Gasteiger charge is -2.09.